The van der Waals surface area contributed by atoms with E-state index in [0.717, 1.165) is 31.4 Å². The zero-order valence-corrected chi connectivity index (χ0v) is 16.3. The maximum atomic E-state index is 13.0. The molecule has 1 atom stereocenters. The van der Waals surface area contributed by atoms with Gasteiger partial charge in [-0.05, 0) is 30.9 Å². The molecule has 2 aromatic heterocycles. The van der Waals surface area contributed by atoms with Crippen LogP contribution < -0.4 is 0 Å². The highest BCUT2D eigenvalue weighted by atomic mass is 16.3. The van der Waals surface area contributed by atoms with E-state index in [9.17, 15) is 9.59 Å². The number of likely N-dealkylation sites (tertiary alicyclic amines) is 2. The zero-order valence-electron chi connectivity index (χ0n) is 16.3. The highest BCUT2D eigenvalue weighted by Gasteiger charge is 2.43. The molecule has 2 aromatic rings. The number of aryl methyl sites for hydroxylation is 1. The van der Waals surface area contributed by atoms with E-state index in [4.69, 9.17) is 4.42 Å². The van der Waals surface area contributed by atoms with Crippen molar-refractivity contribution < 1.29 is 14.0 Å². The molecule has 2 fully saturated rings. The first-order chi connectivity index (χ1) is 13.6. The van der Waals surface area contributed by atoms with Gasteiger partial charge in [-0.15, -0.1) is 0 Å². The van der Waals surface area contributed by atoms with Crippen LogP contribution in [0.5, 0.6) is 0 Å². The summed E-state index contributed by atoms with van der Waals surface area (Å²) in [5, 5.41) is 0. The van der Waals surface area contributed by atoms with Crippen LogP contribution in [0.3, 0.4) is 0 Å². The standard InChI is InChI=1S/C21H26N4O3/c1-2-17-19(23-15-28-17)20(27)24-10-4-7-21(13-24)8-6-18(26)25(14-21)12-16-5-3-9-22-11-16/h3,5,9,11,15H,2,4,6-8,10,12-14H2,1H3/t21-/m1/s1. The van der Waals surface area contributed by atoms with Gasteiger partial charge in [-0.25, -0.2) is 4.98 Å². The minimum Gasteiger partial charge on any atom is -0.448 e. The average molecular weight is 382 g/mol. The Morgan fingerprint density at radius 2 is 2.21 bits per heavy atom. The van der Waals surface area contributed by atoms with Crippen LogP contribution in [0.2, 0.25) is 0 Å². The van der Waals surface area contributed by atoms with Gasteiger partial charge in [-0.3, -0.25) is 14.6 Å². The van der Waals surface area contributed by atoms with E-state index in [1.165, 1.54) is 6.39 Å². The summed E-state index contributed by atoms with van der Waals surface area (Å²) in [5.41, 5.74) is 1.42. The molecule has 0 bridgehead atoms. The molecule has 28 heavy (non-hydrogen) atoms. The van der Waals surface area contributed by atoms with Crippen LogP contribution in [0.25, 0.3) is 0 Å². The first-order valence-corrected chi connectivity index (χ1v) is 9.98. The van der Waals surface area contributed by atoms with E-state index >= 15 is 0 Å². The van der Waals surface area contributed by atoms with E-state index in [1.807, 2.05) is 35.1 Å². The quantitative estimate of drug-likeness (QED) is 0.812. The molecule has 148 valence electrons. The number of carbonyl (C=O) groups excluding carboxylic acids is 2. The first-order valence-electron chi connectivity index (χ1n) is 9.98. The maximum absolute atomic E-state index is 13.0. The smallest absolute Gasteiger partial charge is 0.276 e. The van der Waals surface area contributed by atoms with Gasteiger partial charge in [0.1, 0.15) is 5.76 Å². The van der Waals surface area contributed by atoms with Crippen LogP contribution in [0.1, 0.15) is 54.4 Å². The number of nitrogens with zero attached hydrogens (tertiary/aromatic N) is 4. The molecule has 2 aliphatic rings. The lowest BCUT2D eigenvalue weighted by molar-refractivity contribution is -0.139. The number of rotatable bonds is 4. The van der Waals surface area contributed by atoms with Gasteiger partial charge in [0, 0.05) is 56.8 Å². The summed E-state index contributed by atoms with van der Waals surface area (Å²) in [7, 11) is 0. The van der Waals surface area contributed by atoms with Crippen LogP contribution in [0.15, 0.2) is 35.3 Å². The predicted molar refractivity (Wildman–Crippen MR) is 102 cm³/mol. The second kappa shape index (κ2) is 7.73. The number of amides is 2. The van der Waals surface area contributed by atoms with E-state index in [1.54, 1.807) is 6.20 Å². The second-order valence-corrected chi connectivity index (χ2v) is 7.92. The molecule has 0 aliphatic carbocycles. The topological polar surface area (TPSA) is 79.5 Å². The molecule has 2 saturated heterocycles. The fraction of sp³-hybridized carbons (Fsp3) is 0.524. The molecule has 0 saturated carbocycles. The van der Waals surface area contributed by atoms with Crippen LogP contribution in [-0.4, -0.2) is 51.2 Å². The van der Waals surface area contributed by atoms with Crippen molar-refractivity contribution in [3.8, 4) is 0 Å². The fourth-order valence-corrected chi connectivity index (χ4v) is 4.52. The van der Waals surface area contributed by atoms with Crippen LogP contribution >= 0.6 is 0 Å². The number of piperidine rings is 2. The van der Waals surface area contributed by atoms with Gasteiger partial charge in [0.05, 0.1) is 0 Å². The highest BCUT2D eigenvalue weighted by Crippen LogP contribution is 2.39. The molecule has 4 heterocycles. The largest absolute Gasteiger partial charge is 0.448 e. The number of hydrogen-bond donors (Lipinski definition) is 0. The number of pyridine rings is 1. The molecule has 1 spiro atoms. The van der Waals surface area contributed by atoms with Gasteiger partial charge in [-0.1, -0.05) is 13.0 Å². The lowest BCUT2D eigenvalue weighted by Gasteiger charge is -2.48. The summed E-state index contributed by atoms with van der Waals surface area (Å²) < 4.78 is 5.34. The molecule has 0 aromatic carbocycles. The Kier molecular flexibility index (Phi) is 5.15. The summed E-state index contributed by atoms with van der Waals surface area (Å²) in [4.78, 5) is 37.7. The molecule has 4 rings (SSSR count). The van der Waals surface area contributed by atoms with Gasteiger partial charge >= 0.3 is 0 Å². The lowest BCUT2D eigenvalue weighted by atomic mass is 9.73. The van der Waals surface area contributed by atoms with Crippen molar-refractivity contribution in [2.45, 2.75) is 45.6 Å². The van der Waals surface area contributed by atoms with E-state index in [2.05, 4.69) is 9.97 Å². The van der Waals surface area contributed by atoms with Gasteiger partial charge in [-0.2, -0.15) is 0 Å². The van der Waals surface area contributed by atoms with E-state index < -0.39 is 0 Å². The van der Waals surface area contributed by atoms with Crippen LogP contribution in [0, 0.1) is 5.41 Å². The summed E-state index contributed by atoms with van der Waals surface area (Å²) in [6, 6.07) is 3.89. The molecule has 7 heteroatoms. The third-order valence-electron chi connectivity index (χ3n) is 5.96. The van der Waals surface area contributed by atoms with Crippen molar-refractivity contribution in [2.24, 2.45) is 5.41 Å². The lowest BCUT2D eigenvalue weighted by Crippen LogP contribution is -2.54. The molecule has 0 unspecified atom stereocenters. The molecular weight excluding hydrogens is 356 g/mol. The zero-order chi connectivity index (χ0) is 19.6. The van der Waals surface area contributed by atoms with Crippen molar-refractivity contribution in [1.29, 1.82) is 0 Å². The minimum atomic E-state index is -0.0552. The van der Waals surface area contributed by atoms with Gasteiger partial charge in [0.2, 0.25) is 5.91 Å². The van der Waals surface area contributed by atoms with Crippen molar-refractivity contribution in [3.63, 3.8) is 0 Å². The normalized spacial score (nSPS) is 22.7. The van der Waals surface area contributed by atoms with Gasteiger partial charge in [0.25, 0.3) is 5.91 Å². The Hall–Kier alpha value is -2.70. The molecular formula is C21H26N4O3. The van der Waals surface area contributed by atoms with Gasteiger partial charge in [0.15, 0.2) is 12.1 Å². The third kappa shape index (κ3) is 3.66. The van der Waals surface area contributed by atoms with Crippen molar-refractivity contribution in [1.82, 2.24) is 19.8 Å². The molecule has 0 radical (unpaired) electrons. The number of oxazole rings is 1. The van der Waals surface area contributed by atoms with E-state index in [-0.39, 0.29) is 17.2 Å². The van der Waals surface area contributed by atoms with Crippen molar-refractivity contribution >= 4 is 11.8 Å². The number of aromatic nitrogens is 2. The highest BCUT2D eigenvalue weighted by molar-refractivity contribution is 5.93. The van der Waals surface area contributed by atoms with Crippen molar-refractivity contribution in [2.75, 3.05) is 19.6 Å². The first kappa shape index (κ1) is 18.7. The Bertz CT molecular complexity index is 850. The maximum Gasteiger partial charge on any atom is 0.276 e. The Morgan fingerprint density at radius 3 is 3.00 bits per heavy atom. The Labute approximate surface area is 164 Å². The summed E-state index contributed by atoms with van der Waals surface area (Å²) in [6.07, 6.45) is 8.89. The minimum absolute atomic E-state index is 0.0415. The predicted octanol–water partition coefficient (Wildman–Crippen LogP) is 2.68. The molecule has 7 nitrogen and oxygen atoms in total. The van der Waals surface area contributed by atoms with Crippen LogP contribution in [0.4, 0.5) is 0 Å². The fourth-order valence-electron chi connectivity index (χ4n) is 4.52. The number of carbonyl (C=O) groups is 2. The van der Waals surface area contributed by atoms with Crippen LogP contribution in [-0.2, 0) is 17.8 Å². The van der Waals surface area contributed by atoms with Gasteiger partial charge < -0.3 is 14.2 Å². The third-order valence-corrected chi connectivity index (χ3v) is 5.96. The molecule has 2 amide bonds. The molecule has 2 aliphatic heterocycles. The summed E-state index contributed by atoms with van der Waals surface area (Å²) >= 11 is 0. The SMILES string of the molecule is CCc1ocnc1C(=O)N1CCC[C@@]2(CCC(=O)N(Cc3cccnc3)C2)C1. The Balaban J connectivity index is 1.49. The van der Waals surface area contributed by atoms with Crippen molar-refractivity contribution in [3.05, 3.63) is 47.9 Å². The summed E-state index contributed by atoms with van der Waals surface area (Å²) in [5.74, 6) is 0.768. The Morgan fingerprint density at radius 1 is 1.32 bits per heavy atom. The monoisotopic (exact) mass is 382 g/mol. The molecule has 0 N–H and O–H groups in total. The van der Waals surface area contributed by atoms with E-state index in [0.29, 0.717) is 43.9 Å². The average Bonchev–Trinajstić information content (AvgIpc) is 3.20. The second-order valence-electron chi connectivity index (χ2n) is 7.92. The summed E-state index contributed by atoms with van der Waals surface area (Å²) in [6.45, 7) is 4.61. The number of hydrogen-bond acceptors (Lipinski definition) is 5.